The van der Waals surface area contributed by atoms with Crippen molar-refractivity contribution in [3.05, 3.63) is 11.6 Å². The van der Waals surface area contributed by atoms with Crippen molar-refractivity contribution in [2.75, 3.05) is 26.2 Å². The molecule has 3 fully saturated rings. The Morgan fingerprint density at radius 1 is 0.745 bits per heavy atom. The number of carbonyl (C=O) groups excluding carboxylic acids is 3. The molecule has 0 aromatic rings. The van der Waals surface area contributed by atoms with Crippen molar-refractivity contribution in [3.63, 3.8) is 0 Å². The summed E-state index contributed by atoms with van der Waals surface area (Å²) < 4.78 is 12.1. The molecule has 0 aromatic heterocycles. The number of aliphatic hydroxyl groups excluding tert-OH is 1. The minimum Gasteiger partial charge on any atom is -0.462 e. The maximum absolute atomic E-state index is 13.0. The Morgan fingerprint density at radius 2 is 1.35 bits per heavy atom. The Balaban J connectivity index is 1.13. The van der Waals surface area contributed by atoms with Crippen LogP contribution in [0.15, 0.2) is 11.6 Å². The quantitative estimate of drug-likeness (QED) is 0.0481. The fourth-order valence-corrected chi connectivity index (χ4v) is 11.2. The van der Waals surface area contributed by atoms with Gasteiger partial charge in [-0.25, -0.2) is 0 Å². The molecule has 7 nitrogen and oxygen atoms in total. The van der Waals surface area contributed by atoms with Crippen LogP contribution in [0.4, 0.5) is 0 Å². The molecule has 0 radical (unpaired) electrons. The van der Waals surface area contributed by atoms with Crippen LogP contribution in [0.1, 0.15) is 207 Å². The van der Waals surface area contributed by atoms with Crippen molar-refractivity contribution in [3.8, 4) is 0 Å². The van der Waals surface area contributed by atoms with E-state index in [1.54, 1.807) is 0 Å². The molecule has 6 unspecified atom stereocenters. The lowest BCUT2D eigenvalue weighted by Gasteiger charge is -2.56. The standard InChI is InChI=1S/C48H83NO6/c1-5-7-9-11-14-21-39(22-15-12-10-8-6-2)54-46(53)24-20-35-49(34-18-19-36-50)33-17-13-16-23-45(52)55-40-29-31-47(3)38(37-40)25-26-41-42-27-28-44(51)48(42,4)32-30-43(41)47/h25,39-43,50H,5-24,26-37H2,1-4H3. The Kier molecular flexibility index (Phi) is 20.3. The fraction of sp³-hybridized carbons (Fsp3) is 0.896. The summed E-state index contributed by atoms with van der Waals surface area (Å²) in [4.78, 5) is 41.1. The summed E-state index contributed by atoms with van der Waals surface area (Å²) in [6.07, 6.45) is 31.2. The molecule has 55 heavy (non-hydrogen) atoms. The second-order valence-electron chi connectivity index (χ2n) is 18.7. The molecule has 3 saturated carbocycles. The van der Waals surface area contributed by atoms with Gasteiger partial charge in [0.15, 0.2) is 0 Å². The molecule has 1 N–H and O–H groups in total. The Bertz CT molecular complexity index is 1170. The third-order valence-electron chi connectivity index (χ3n) is 14.7. The third kappa shape index (κ3) is 14.0. The molecule has 0 bridgehead atoms. The number of Topliss-reactive ketones (excluding diaryl/α,β-unsaturated/α-hetero) is 1. The number of ketones is 1. The fourth-order valence-electron chi connectivity index (χ4n) is 11.2. The van der Waals surface area contributed by atoms with Crippen LogP contribution in [-0.2, 0) is 23.9 Å². The number of unbranched alkanes of at least 4 members (excludes halogenated alkanes) is 11. The molecule has 0 amide bonds. The lowest BCUT2D eigenvalue weighted by atomic mass is 9.48. The largest absolute Gasteiger partial charge is 0.462 e. The molecule has 4 aliphatic carbocycles. The minimum atomic E-state index is -0.0901. The molecule has 316 valence electrons. The third-order valence-corrected chi connectivity index (χ3v) is 14.7. The predicted molar refractivity (Wildman–Crippen MR) is 224 cm³/mol. The first kappa shape index (κ1) is 46.0. The average Bonchev–Trinajstić information content (AvgIpc) is 3.47. The summed E-state index contributed by atoms with van der Waals surface area (Å²) in [5.41, 5.74) is 1.61. The van der Waals surface area contributed by atoms with Gasteiger partial charge in [-0.15, -0.1) is 0 Å². The van der Waals surface area contributed by atoms with E-state index in [9.17, 15) is 19.5 Å². The van der Waals surface area contributed by atoms with Crippen LogP contribution in [-0.4, -0.2) is 66.2 Å². The van der Waals surface area contributed by atoms with Gasteiger partial charge >= 0.3 is 11.9 Å². The highest BCUT2D eigenvalue weighted by Gasteiger charge is 2.58. The van der Waals surface area contributed by atoms with Crippen LogP contribution < -0.4 is 0 Å². The molecule has 0 saturated heterocycles. The smallest absolute Gasteiger partial charge is 0.306 e. The molecule has 0 spiro atoms. The van der Waals surface area contributed by atoms with Crippen molar-refractivity contribution >= 4 is 17.7 Å². The average molecular weight is 770 g/mol. The Hall–Kier alpha value is -1.73. The number of nitrogens with zero attached hydrogens (tertiary/aromatic N) is 1. The summed E-state index contributed by atoms with van der Waals surface area (Å²) in [7, 11) is 0. The van der Waals surface area contributed by atoms with Crippen LogP contribution in [0, 0.1) is 28.6 Å². The van der Waals surface area contributed by atoms with Crippen molar-refractivity contribution in [1.29, 1.82) is 0 Å². The number of ether oxygens (including phenoxy) is 2. The summed E-state index contributed by atoms with van der Waals surface area (Å²) in [6, 6.07) is 0. The molecule has 0 aromatic carbocycles. The monoisotopic (exact) mass is 770 g/mol. The van der Waals surface area contributed by atoms with Crippen LogP contribution in [0.2, 0.25) is 0 Å². The van der Waals surface area contributed by atoms with Crippen molar-refractivity contribution < 1.29 is 29.0 Å². The summed E-state index contributed by atoms with van der Waals surface area (Å²) in [5, 5.41) is 9.36. The van der Waals surface area contributed by atoms with Gasteiger partial charge in [0.25, 0.3) is 0 Å². The van der Waals surface area contributed by atoms with E-state index in [-0.39, 0.29) is 41.6 Å². The van der Waals surface area contributed by atoms with Gasteiger partial charge in [-0.2, -0.15) is 0 Å². The van der Waals surface area contributed by atoms with Gasteiger partial charge in [-0.05, 0) is 139 Å². The Labute approximate surface area is 336 Å². The normalized spacial score (nSPS) is 27.5. The van der Waals surface area contributed by atoms with E-state index in [0.717, 1.165) is 135 Å². The number of carbonyl (C=O) groups is 3. The second kappa shape index (κ2) is 24.3. The van der Waals surface area contributed by atoms with Gasteiger partial charge in [-0.3, -0.25) is 14.4 Å². The molecular formula is C48H83NO6. The summed E-state index contributed by atoms with van der Waals surface area (Å²) in [5.74, 6) is 2.23. The number of fused-ring (bicyclic) bond motifs is 5. The van der Waals surface area contributed by atoms with Crippen molar-refractivity contribution in [2.24, 2.45) is 28.6 Å². The molecule has 4 rings (SSSR count). The van der Waals surface area contributed by atoms with Crippen LogP contribution in [0.5, 0.6) is 0 Å². The number of hydrogen-bond donors (Lipinski definition) is 1. The first-order chi connectivity index (χ1) is 26.6. The first-order valence-corrected chi connectivity index (χ1v) is 23.6. The van der Waals surface area contributed by atoms with Gasteiger partial charge in [-0.1, -0.05) is 97.1 Å². The topological polar surface area (TPSA) is 93.1 Å². The van der Waals surface area contributed by atoms with E-state index in [4.69, 9.17) is 9.47 Å². The van der Waals surface area contributed by atoms with E-state index >= 15 is 0 Å². The van der Waals surface area contributed by atoms with E-state index in [2.05, 4.69) is 38.7 Å². The maximum Gasteiger partial charge on any atom is 0.306 e. The van der Waals surface area contributed by atoms with Crippen molar-refractivity contribution in [2.45, 2.75) is 220 Å². The zero-order chi connectivity index (χ0) is 39.5. The number of aliphatic hydroxyl groups is 1. The lowest BCUT2D eigenvalue weighted by Crippen LogP contribution is -2.50. The van der Waals surface area contributed by atoms with Gasteiger partial charge < -0.3 is 19.5 Å². The molecule has 7 heteroatoms. The minimum absolute atomic E-state index is 0.00846. The van der Waals surface area contributed by atoms with E-state index in [0.29, 0.717) is 36.4 Å². The van der Waals surface area contributed by atoms with Gasteiger partial charge in [0.05, 0.1) is 0 Å². The number of hydrogen-bond acceptors (Lipinski definition) is 7. The zero-order valence-corrected chi connectivity index (χ0v) is 36.0. The highest BCUT2D eigenvalue weighted by molar-refractivity contribution is 5.87. The van der Waals surface area contributed by atoms with Crippen LogP contribution in [0.3, 0.4) is 0 Å². The molecule has 4 aliphatic rings. The second-order valence-corrected chi connectivity index (χ2v) is 18.7. The van der Waals surface area contributed by atoms with Crippen LogP contribution in [0.25, 0.3) is 0 Å². The zero-order valence-electron chi connectivity index (χ0n) is 36.0. The lowest BCUT2D eigenvalue weighted by molar-refractivity contribution is -0.152. The maximum atomic E-state index is 13.0. The molecular weight excluding hydrogens is 687 g/mol. The summed E-state index contributed by atoms with van der Waals surface area (Å²) in [6.45, 7) is 12.1. The predicted octanol–water partition coefficient (Wildman–Crippen LogP) is 11.5. The van der Waals surface area contributed by atoms with Gasteiger partial charge in [0.2, 0.25) is 0 Å². The van der Waals surface area contributed by atoms with Gasteiger partial charge in [0, 0.05) is 37.7 Å². The van der Waals surface area contributed by atoms with Gasteiger partial charge in [0.1, 0.15) is 18.0 Å². The first-order valence-electron chi connectivity index (χ1n) is 23.6. The molecule has 6 atom stereocenters. The van der Waals surface area contributed by atoms with E-state index < -0.39 is 0 Å². The number of allylic oxidation sites excluding steroid dienone is 1. The molecule has 0 aliphatic heterocycles. The van der Waals surface area contributed by atoms with E-state index in [1.807, 2.05) is 0 Å². The molecule has 0 heterocycles. The van der Waals surface area contributed by atoms with E-state index in [1.165, 1.54) is 56.9 Å². The SMILES string of the molecule is CCCCCCCC(CCCCCCC)OC(=O)CCCN(CCCCO)CCCCCC(=O)OC1CCC2(C)C(=CCC3C4CCC(=O)C4(C)CCC32)C1. The summed E-state index contributed by atoms with van der Waals surface area (Å²) >= 11 is 0. The number of rotatable bonds is 28. The Morgan fingerprint density at radius 3 is 2.04 bits per heavy atom. The highest BCUT2D eigenvalue weighted by atomic mass is 16.5. The highest BCUT2D eigenvalue weighted by Crippen LogP contribution is 2.64. The van der Waals surface area contributed by atoms with Crippen molar-refractivity contribution in [1.82, 2.24) is 4.90 Å². The van der Waals surface area contributed by atoms with Crippen LogP contribution >= 0.6 is 0 Å². The number of esters is 2.